The van der Waals surface area contributed by atoms with E-state index in [-0.39, 0.29) is 5.92 Å². The van der Waals surface area contributed by atoms with Gasteiger partial charge in [-0.2, -0.15) is 0 Å². The molecule has 1 atom stereocenters. The molecule has 0 aromatic heterocycles. The lowest BCUT2D eigenvalue weighted by Gasteiger charge is -2.28. The van der Waals surface area contributed by atoms with E-state index in [1.54, 1.807) is 7.11 Å². The molecule has 1 aromatic carbocycles. The summed E-state index contributed by atoms with van der Waals surface area (Å²) in [5, 5.41) is 10.5. The van der Waals surface area contributed by atoms with Gasteiger partial charge in [-0.3, -0.25) is 0 Å². The highest BCUT2D eigenvalue weighted by molar-refractivity contribution is 5.35. The minimum Gasteiger partial charge on any atom is -0.491 e. The number of hydrogen-bond donors (Lipinski definition) is 1. The number of methoxy groups -OCH3 is 1. The van der Waals surface area contributed by atoms with Crippen LogP contribution in [0.3, 0.4) is 0 Å². The first kappa shape index (κ1) is 14.3. The second-order valence-electron chi connectivity index (χ2n) is 4.77. The summed E-state index contributed by atoms with van der Waals surface area (Å²) in [5.74, 6) is 1.000. The van der Waals surface area contributed by atoms with Gasteiger partial charge in [0.05, 0.1) is 12.7 Å². The maximum absolute atomic E-state index is 10.5. The van der Waals surface area contributed by atoms with E-state index in [2.05, 4.69) is 0 Å². The quantitative estimate of drug-likeness (QED) is 0.802. The third-order valence-electron chi connectivity index (χ3n) is 3.50. The van der Waals surface area contributed by atoms with Gasteiger partial charge in [-0.05, 0) is 24.8 Å². The normalized spacial score (nSPS) is 18.2. The van der Waals surface area contributed by atoms with Crippen molar-refractivity contribution in [3.63, 3.8) is 0 Å². The average molecular weight is 266 g/mol. The van der Waals surface area contributed by atoms with E-state index in [1.165, 1.54) is 0 Å². The van der Waals surface area contributed by atoms with Crippen LogP contribution in [0, 0.1) is 5.92 Å². The van der Waals surface area contributed by atoms with Crippen molar-refractivity contribution in [1.29, 1.82) is 0 Å². The molecule has 1 N–H and O–H groups in total. The highest BCUT2D eigenvalue weighted by Crippen LogP contribution is 2.34. The van der Waals surface area contributed by atoms with Gasteiger partial charge in [-0.1, -0.05) is 18.2 Å². The standard InChI is InChI=1S/C15H22O4/c1-17-10-11-19-14-5-3-2-4-13(14)15(16)12-6-8-18-9-7-12/h2-5,12,15-16H,6-11H2,1H3. The lowest BCUT2D eigenvalue weighted by Crippen LogP contribution is -2.22. The molecule has 0 radical (unpaired) electrons. The molecule has 19 heavy (non-hydrogen) atoms. The van der Waals surface area contributed by atoms with Gasteiger partial charge in [0, 0.05) is 25.9 Å². The van der Waals surface area contributed by atoms with Gasteiger partial charge in [-0.15, -0.1) is 0 Å². The summed E-state index contributed by atoms with van der Waals surface area (Å²) < 4.78 is 16.0. The first-order chi connectivity index (χ1) is 9.33. The maximum Gasteiger partial charge on any atom is 0.125 e. The Morgan fingerprint density at radius 1 is 1.26 bits per heavy atom. The van der Waals surface area contributed by atoms with Crippen molar-refractivity contribution in [3.8, 4) is 5.75 Å². The zero-order valence-electron chi connectivity index (χ0n) is 11.4. The molecule has 1 aliphatic heterocycles. The van der Waals surface area contributed by atoms with Gasteiger partial charge in [0.15, 0.2) is 0 Å². The summed E-state index contributed by atoms with van der Waals surface area (Å²) in [5.41, 5.74) is 0.866. The smallest absolute Gasteiger partial charge is 0.125 e. The first-order valence-corrected chi connectivity index (χ1v) is 6.79. The van der Waals surface area contributed by atoms with Crippen LogP contribution in [0.5, 0.6) is 5.75 Å². The fourth-order valence-electron chi connectivity index (χ4n) is 2.38. The minimum atomic E-state index is -0.484. The molecular formula is C15H22O4. The highest BCUT2D eigenvalue weighted by atomic mass is 16.5. The Kier molecular flexibility index (Phi) is 5.63. The van der Waals surface area contributed by atoms with Gasteiger partial charge < -0.3 is 19.3 Å². The number of para-hydroxylation sites is 1. The second kappa shape index (κ2) is 7.48. The fraction of sp³-hybridized carbons (Fsp3) is 0.600. The van der Waals surface area contributed by atoms with E-state index in [0.717, 1.165) is 37.4 Å². The molecule has 4 heteroatoms. The molecule has 106 valence electrons. The molecule has 2 rings (SSSR count). The van der Waals surface area contributed by atoms with E-state index >= 15 is 0 Å². The Hall–Kier alpha value is -1.10. The van der Waals surface area contributed by atoms with E-state index in [9.17, 15) is 5.11 Å². The van der Waals surface area contributed by atoms with Crippen molar-refractivity contribution in [3.05, 3.63) is 29.8 Å². The van der Waals surface area contributed by atoms with Crippen LogP contribution in [0.4, 0.5) is 0 Å². The molecule has 0 aliphatic carbocycles. The second-order valence-corrected chi connectivity index (χ2v) is 4.77. The van der Waals surface area contributed by atoms with Crippen molar-refractivity contribution >= 4 is 0 Å². The SMILES string of the molecule is COCCOc1ccccc1C(O)C1CCOCC1. The number of rotatable bonds is 6. The zero-order chi connectivity index (χ0) is 13.5. The van der Waals surface area contributed by atoms with Crippen molar-refractivity contribution < 1.29 is 19.3 Å². The predicted molar refractivity (Wildman–Crippen MR) is 72.3 cm³/mol. The molecule has 4 nitrogen and oxygen atoms in total. The monoisotopic (exact) mass is 266 g/mol. The molecule has 1 heterocycles. The third kappa shape index (κ3) is 3.93. The third-order valence-corrected chi connectivity index (χ3v) is 3.50. The summed E-state index contributed by atoms with van der Waals surface area (Å²) in [6.07, 6.45) is 1.31. The summed E-state index contributed by atoms with van der Waals surface area (Å²) in [6.45, 7) is 2.50. The minimum absolute atomic E-state index is 0.251. The van der Waals surface area contributed by atoms with Crippen molar-refractivity contribution in [2.24, 2.45) is 5.92 Å². The Morgan fingerprint density at radius 3 is 2.74 bits per heavy atom. The van der Waals surface area contributed by atoms with E-state index in [1.807, 2.05) is 24.3 Å². The largest absolute Gasteiger partial charge is 0.491 e. The molecule has 1 unspecified atom stereocenters. The number of aliphatic hydroxyl groups excluding tert-OH is 1. The Balaban J connectivity index is 2.04. The van der Waals surface area contributed by atoms with Crippen molar-refractivity contribution in [2.45, 2.75) is 18.9 Å². The summed E-state index contributed by atoms with van der Waals surface area (Å²) in [4.78, 5) is 0. The van der Waals surface area contributed by atoms with Crippen LogP contribution < -0.4 is 4.74 Å². The van der Waals surface area contributed by atoms with Crippen molar-refractivity contribution in [2.75, 3.05) is 33.5 Å². The Labute approximate surface area is 114 Å². The van der Waals surface area contributed by atoms with Gasteiger partial charge in [0.1, 0.15) is 12.4 Å². The molecule has 1 saturated heterocycles. The average Bonchev–Trinajstić information content (AvgIpc) is 2.48. The molecule has 0 bridgehead atoms. The van der Waals surface area contributed by atoms with Crippen molar-refractivity contribution in [1.82, 2.24) is 0 Å². The van der Waals surface area contributed by atoms with Crippen LogP contribution in [0.15, 0.2) is 24.3 Å². The summed E-state index contributed by atoms with van der Waals surface area (Å²) in [6, 6.07) is 7.68. The van der Waals surface area contributed by atoms with Gasteiger partial charge in [0.25, 0.3) is 0 Å². The van der Waals surface area contributed by atoms with Crippen LogP contribution in [0.1, 0.15) is 24.5 Å². The fourth-order valence-corrected chi connectivity index (χ4v) is 2.38. The summed E-state index contributed by atoms with van der Waals surface area (Å²) >= 11 is 0. The van der Waals surface area contributed by atoms with Gasteiger partial charge >= 0.3 is 0 Å². The first-order valence-electron chi connectivity index (χ1n) is 6.79. The Bertz CT molecular complexity index is 374. The number of hydrogen-bond acceptors (Lipinski definition) is 4. The molecule has 0 amide bonds. The van der Waals surface area contributed by atoms with Crippen LogP contribution in [-0.4, -0.2) is 38.6 Å². The number of benzene rings is 1. The Morgan fingerprint density at radius 2 is 2.00 bits per heavy atom. The molecule has 0 spiro atoms. The maximum atomic E-state index is 10.5. The number of ether oxygens (including phenoxy) is 3. The highest BCUT2D eigenvalue weighted by Gasteiger charge is 2.25. The molecular weight excluding hydrogens is 244 g/mol. The van der Waals surface area contributed by atoms with Crippen LogP contribution in [-0.2, 0) is 9.47 Å². The van der Waals surface area contributed by atoms with Crippen LogP contribution in [0.25, 0.3) is 0 Å². The zero-order valence-corrected chi connectivity index (χ0v) is 11.4. The van der Waals surface area contributed by atoms with Crippen LogP contribution in [0.2, 0.25) is 0 Å². The van der Waals surface area contributed by atoms with Gasteiger partial charge in [0.2, 0.25) is 0 Å². The van der Waals surface area contributed by atoms with E-state index in [4.69, 9.17) is 14.2 Å². The molecule has 1 aromatic rings. The van der Waals surface area contributed by atoms with Gasteiger partial charge in [-0.25, -0.2) is 0 Å². The predicted octanol–water partition coefficient (Wildman–Crippen LogP) is 2.17. The topological polar surface area (TPSA) is 47.9 Å². The lowest BCUT2D eigenvalue weighted by atomic mass is 9.89. The van der Waals surface area contributed by atoms with E-state index in [0.29, 0.717) is 13.2 Å². The summed E-state index contributed by atoms with van der Waals surface area (Å²) in [7, 11) is 1.64. The molecule has 1 aliphatic rings. The van der Waals surface area contributed by atoms with E-state index < -0.39 is 6.10 Å². The lowest BCUT2D eigenvalue weighted by molar-refractivity contribution is 0.00596. The molecule has 0 saturated carbocycles. The number of aliphatic hydroxyl groups is 1. The molecule has 1 fully saturated rings. The van der Waals surface area contributed by atoms with Crippen LogP contribution >= 0.6 is 0 Å².